The highest BCUT2D eigenvalue weighted by molar-refractivity contribution is 6.02. The van der Waals surface area contributed by atoms with E-state index in [0.717, 1.165) is 52.1 Å². The summed E-state index contributed by atoms with van der Waals surface area (Å²) in [5.74, 6) is 1.39. The fourth-order valence-corrected chi connectivity index (χ4v) is 4.19. The molecule has 0 aliphatic carbocycles. The molecule has 28 heavy (non-hydrogen) atoms. The maximum absolute atomic E-state index is 14.1. The van der Waals surface area contributed by atoms with Crippen LogP contribution in [0.25, 0.3) is 21.9 Å². The number of pyridine rings is 1. The zero-order valence-electron chi connectivity index (χ0n) is 15.9. The molecule has 0 N–H and O–H groups in total. The number of hydrogen-bond donors (Lipinski definition) is 0. The maximum Gasteiger partial charge on any atom is 0.133 e. The molecule has 144 valence electrons. The number of imidazole rings is 1. The van der Waals surface area contributed by atoms with E-state index in [1.165, 1.54) is 6.07 Å². The number of aryl methyl sites for hydroxylation is 1. The Balaban J connectivity index is 1.74. The van der Waals surface area contributed by atoms with Crippen LogP contribution in [-0.2, 0) is 11.2 Å². The van der Waals surface area contributed by atoms with Crippen LogP contribution >= 0.6 is 0 Å². The Morgan fingerprint density at radius 2 is 2.14 bits per heavy atom. The predicted octanol–water partition coefficient (Wildman–Crippen LogP) is 4.35. The number of halogens is 1. The van der Waals surface area contributed by atoms with E-state index in [1.807, 2.05) is 13.0 Å². The zero-order chi connectivity index (χ0) is 19.3. The molecule has 1 aliphatic rings. The first-order valence-corrected chi connectivity index (χ1v) is 9.57. The molecule has 6 nitrogen and oxygen atoms in total. The third-order valence-corrected chi connectivity index (χ3v) is 5.39. The zero-order valence-corrected chi connectivity index (χ0v) is 15.9. The van der Waals surface area contributed by atoms with Crippen molar-refractivity contribution in [3.8, 4) is 0 Å². The molecule has 4 aromatic rings. The summed E-state index contributed by atoms with van der Waals surface area (Å²) < 4.78 is 27.3. The van der Waals surface area contributed by atoms with Gasteiger partial charge < -0.3 is 13.8 Å². The third-order valence-electron chi connectivity index (χ3n) is 5.39. The van der Waals surface area contributed by atoms with Gasteiger partial charge in [0.1, 0.15) is 22.9 Å². The van der Waals surface area contributed by atoms with E-state index in [4.69, 9.17) is 14.2 Å². The Hall–Kier alpha value is -2.80. The highest BCUT2D eigenvalue weighted by Gasteiger charge is 2.26. The van der Waals surface area contributed by atoms with Gasteiger partial charge in [0, 0.05) is 24.1 Å². The van der Waals surface area contributed by atoms with Gasteiger partial charge in [-0.2, -0.15) is 0 Å². The lowest BCUT2D eigenvalue weighted by Gasteiger charge is -2.30. The van der Waals surface area contributed by atoms with Gasteiger partial charge in [0.05, 0.1) is 35.4 Å². The van der Waals surface area contributed by atoms with Gasteiger partial charge >= 0.3 is 0 Å². The van der Waals surface area contributed by atoms with Crippen LogP contribution in [0.5, 0.6) is 0 Å². The molecule has 0 amide bonds. The van der Waals surface area contributed by atoms with Crippen molar-refractivity contribution in [3.63, 3.8) is 0 Å². The van der Waals surface area contributed by atoms with Crippen molar-refractivity contribution < 1.29 is 13.7 Å². The normalized spacial score (nSPS) is 20.2. The molecular formula is C21H21FN4O2. The van der Waals surface area contributed by atoms with Gasteiger partial charge in [0.2, 0.25) is 0 Å². The SMILES string of the molecule is Cc1cc(Cc2nc3cnc4ccc(F)cc4c3n2C2CCO[C@H](C)C2)no1. The highest BCUT2D eigenvalue weighted by atomic mass is 19.1. The van der Waals surface area contributed by atoms with Crippen LogP contribution in [0.1, 0.15) is 43.1 Å². The van der Waals surface area contributed by atoms with Crippen molar-refractivity contribution in [1.29, 1.82) is 0 Å². The van der Waals surface area contributed by atoms with Crippen molar-refractivity contribution in [2.24, 2.45) is 0 Å². The molecule has 4 heterocycles. The first kappa shape index (κ1) is 17.3. The fourth-order valence-electron chi connectivity index (χ4n) is 4.19. The van der Waals surface area contributed by atoms with Crippen LogP contribution in [0.2, 0.25) is 0 Å². The second-order valence-electron chi connectivity index (χ2n) is 7.52. The first-order valence-electron chi connectivity index (χ1n) is 9.57. The summed E-state index contributed by atoms with van der Waals surface area (Å²) in [5, 5.41) is 4.91. The molecule has 0 radical (unpaired) electrons. The number of fused-ring (bicyclic) bond motifs is 3. The smallest absolute Gasteiger partial charge is 0.133 e. The molecule has 1 aliphatic heterocycles. The molecule has 7 heteroatoms. The van der Waals surface area contributed by atoms with Crippen molar-refractivity contribution in [2.75, 3.05) is 6.61 Å². The van der Waals surface area contributed by atoms with Gasteiger partial charge in [-0.05, 0) is 44.9 Å². The number of aromatic nitrogens is 4. The average molecular weight is 380 g/mol. The Kier molecular flexibility index (Phi) is 4.12. The van der Waals surface area contributed by atoms with Gasteiger partial charge in [-0.15, -0.1) is 0 Å². The molecule has 3 aromatic heterocycles. The number of rotatable bonds is 3. The summed E-state index contributed by atoms with van der Waals surface area (Å²) in [5.41, 5.74) is 3.29. The molecule has 1 fully saturated rings. The summed E-state index contributed by atoms with van der Waals surface area (Å²) in [7, 11) is 0. The first-order chi connectivity index (χ1) is 13.6. The average Bonchev–Trinajstić information content (AvgIpc) is 3.25. The van der Waals surface area contributed by atoms with Crippen LogP contribution in [-0.4, -0.2) is 32.4 Å². The van der Waals surface area contributed by atoms with E-state index in [0.29, 0.717) is 13.0 Å². The number of benzene rings is 1. The molecule has 1 aromatic carbocycles. The maximum atomic E-state index is 14.1. The molecule has 5 rings (SSSR count). The van der Waals surface area contributed by atoms with Gasteiger partial charge in [0.25, 0.3) is 0 Å². The third kappa shape index (κ3) is 2.96. The largest absolute Gasteiger partial charge is 0.378 e. The van der Waals surface area contributed by atoms with Gasteiger partial charge in [-0.25, -0.2) is 9.37 Å². The lowest BCUT2D eigenvalue weighted by molar-refractivity contribution is 0.00630. The van der Waals surface area contributed by atoms with Crippen molar-refractivity contribution in [2.45, 2.75) is 45.3 Å². The standard InChI is InChI=1S/C21H21FN4O2/c1-12-8-16(5-6-27-12)26-20(10-15-7-13(2)28-25-15)24-19-11-23-18-4-3-14(22)9-17(18)21(19)26/h3-4,7,9,11-12,16H,5-6,8,10H2,1-2H3/t12-,16?/m1/s1. The Morgan fingerprint density at radius 1 is 1.25 bits per heavy atom. The summed E-state index contributed by atoms with van der Waals surface area (Å²) in [4.78, 5) is 9.33. The van der Waals surface area contributed by atoms with Crippen LogP contribution in [0.4, 0.5) is 4.39 Å². The Labute approximate surface area is 161 Å². The second-order valence-corrected chi connectivity index (χ2v) is 7.52. The van der Waals surface area contributed by atoms with Crippen molar-refractivity contribution >= 4 is 21.9 Å². The monoisotopic (exact) mass is 380 g/mol. The van der Waals surface area contributed by atoms with Crippen LogP contribution in [0.15, 0.2) is 35.0 Å². The molecule has 0 bridgehead atoms. The van der Waals surface area contributed by atoms with Gasteiger partial charge in [0.15, 0.2) is 0 Å². The van der Waals surface area contributed by atoms with E-state index in [9.17, 15) is 4.39 Å². The molecule has 0 spiro atoms. The lowest BCUT2D eigenvalue weighted by atomic mass is 10.0. The minimum atomic E-state index is -0.274. The van der Waals surface area contributed by atoms with Crippen molar-refractivity contribution in [3.05, 3.63) is 53.6 Å². The fraction of sp³-hybridized carbons (Fsp3) is 0.381. The second kappa shape index (κ2) is 6.67. The van der Waals surface area contributed by atoms with Crippen molar-refractivity contribution in [1.82, 2.24) is 19.7 Å². The lowest BCUT2D eigenvalue weighted by Crippen LogP contribution is -2.26. The highest BCUT2D eigenvalue weighted by Crippen LogP contribution is 2.34. The van der Waals surface area contributed by atoms with E-state index in [-0.39, 0.29) is 18.0 Å². The summed E-state index contributed by atoms with van der Waals surface area (Å²) in [6.07, 6.45) is 4.26. The van der Waals surface area contributed by atoms with E-state index in [2.05, 4.69) is 21.6 Å². The van der Waals surface area contributed by atoms with E-state index >= 15 is 0 Å². The Morgan fingerprint density at radius 3 is 2.93 bits per heavy atom. The van der Waals surface area contributed by atoms with Crippen LogP contribution in [0.3, 0.4) is 0 Å². The summed E-state index contributed by atoms with van der Waals surface area (Å²) in [6.45, 7) is 4.66. The molecule has 1 unspecified atom stereocenters. The molecule has 2 atom stereocenters. The predicted molar refractivity (Wildman–Crippen MR) is 103 cm³/mol. The molecule has 1 saturated heterocycles. The Bertz CT molecular complexity index is 1170. The minimum Gasteiger partial charge on any atom is -0.378 e. The molecule has 0 saturated carbocycles. The summed E-state index contributed by atoms with van der Waals surface area (Å²) >= 11 is 0. The molecular weight excluding hydrogens is 359 g/mol. The van der Waals surface area contributed by atoms with Gasteiger partial charge in [-0.1, -0.05) is 5.16 Å². The van der Waals surface area contributed by atoms with E-state index in [1.54, 1.807) is 18.3 Å². The van der Waals surface area contributed by atoms with E-state index < -0.39 is 0 Å². The quantitative estimate of drug-likeness (QED) is 0.529. The summed E-state index contributed by atoms with van der Waals surface area (Å²) in [6, 6.07) is 6.86. The number of hydrogen-bond acceptors (Lipinski definition) is 5. The van der Waals surface area contributed by atoms with Crippen LogP contribution in [0, 0.1) is 12.7 Å². The minimum absolute atomic E-state index is 0.170. The number of ether oxygens (including phenoxy) is 1. The topological polar surface area (TPSA) is 66.0 Å². The van der Waals surface area contributed by atoms with Gasteiger partial charge in [-0.3, -0.25) is 4.98 Å². The van der Waals surface area contributed by atoms with Crippen LogP contribution < -0.4 is 0 Å². The number of nitrogens with zero attached hydrogens (tertiary/aromatic N) is 4.